The lowest BCUT2D eigenvalue weighted by Crippen LogP contribution is -2.01. The van der Waals surface area contributed by atoms with E-state index in [4.69, 9.17) is 10.5 Å². The number of hydrogen-bond donors (Lipinski definition) is 1. The maximum absolute atomic E-state index is 13.2. The number of ether oxygens (including phenoxy) is 1. The second kappa shape index (κ2) is 7.96. The Bertz CT molecular complexity index is 366. The van der Waals surface area contributed by atoms with E-state index in [9.17, 15) is 4.39 Å². The average molecular weight is 253 g/mol. The van der Waals surface area contributed by atoms with E-state index in [1.54, 1.807) is 13.0 Å². The van der Waals surface area contributed by atoms with Gasteiger partial charge in [-0.2, -0.15) is 0 Å². The highest BCUT2D eigenvalue weighted by atomic mass is 19.1. The maximum Gasteiger partial charge on any atom is 0.142 e. The van der Waals surface area contributed by atoms with Gasteiger partial charge in [-0.1, -0.05) is 39.0 Å². The maximum atomic E-state index is 13.2. The minimum absolute atomic E-state index is 0.278. The number of rotatable bonds is 8. The largest absolute Gasteiger partial charge is 0.491 e. The Hall–Kier alpha value is -1.25. The van der Waals surface area contributed by atoms with Gasteiger partial charge in [0.2, 0.25) is 0 Å². The van der Waals surface area contributed by atoms with Gasteiger partial charge in [0, 0.05) is 6.07 Å². The molecule has 0 heterocycles. The van der Waals surface area contributed by atoms with Crippen molar-refractivity contribution in [2.24, 2.45) is 0 Å². The molecule has 0 radical (unpaired) electrons. The third-order valence-electron chi connectivity index (χ3n) is 3.05. The third-order valence-corrected chi connectivity index (χ3v) is 3.05. The zero-order valence-electron chi connectivity index (χ0n) is 11.5. The average Bonchev–Trinajstić information content (AvgIpc) is 2.34. The summed E-state index contributed by atoms with van der Waals surface area (Å²) < 4.78 is 18.8. The van der Waals surface area contributed by atoms with Crippen LogP contribution in [-0.4, -0.2) is 6.61 Å². The number of benzene rings is 1. The third kappa shape index (κ3) is 4.94. The molecule has 0 aliphatic rings. The van der Waals surface area contributed by atoms with Crippen LogP contribution in [0.3, 0.4) is 0 Å². The lowest BCUT2D eigenvalue weighted by atomic mass is 10.1. The van der Waals surface area contributed by atoms with Crippen molar-refractivity contribution in [2.75, 3.05) is 12.3 Å². The molecule has 0 saturated heterocycles. The Labute approximate surface area is 109 Å². The van der Waals surface area contributed by atoms with E-state index in [1.807, 2.05) is 0 Å². The van der Waals surface area contributed by atoms with Gasteiger partial charge in [0.15, 0.2) is 0 Å². The second-order valence-electron chi connectivity index (χ2n) is 4.76. The van der Waals surface area contributed by atoms with Gasteiger partial charge in [-0.15, -0.1) is 0 Å². The normalized spacial score (nSPS) is 10.6. The highest BCUT2D eigenvalue weighted by Gasteiger charge is 2.05. The van der Waals surface area contributed by atoms with Gasteiger partial charge in [-0.25, -0.2) is 4.39 Å². The zero-order valence-corrected chi connectivity index (χ0v) is 11.5. The summed E-state index contributed by atoms with van der Waals surface area (Å²) in [4.78, 5) is 0. The van der Waals surface area contributed by atoms with Crippen molar-refractivity contribution < 1.29 is 9.13 Å². The van der Waals surface area contributed by atoms with E-state index in [-0.39, 0.29) is 5.82 Å². The van der Waals surface area contributed by atoms with Crippen LogP contribution in [0.5, 0.6) is 5.75 Å². The summed E-state index contributed by atoms with van der Waals surface area (Å²) in [5.41, 5.74) is 6.66. The van der Waals surface area contributed by atoms with Gasteiger partial charge < -0.3 is 10.5 Å². The molecule has 0 aliphatic heterocycles. The molecule has 0 fully saturated rings. The van der Waals surface area contributed by atoms with Gasteiger partial charge in [0.1, 0.15) is 11.6 Å². The van der Waals surface area contributed by atoms with E-state index < -0.39 is 0 Å². The number of anilines is 1. The van der Waals surface area contributed by atoms with Gasteiger partial charge in [-0.05, 0) is 25.0 Å². The number of halogens is 1. The van der Waals surface area contributed by atoms with Gasteiger partial charge in [0.05, 0.1) is 12.3 Å². The highest BCUT2D eigenvalue weighted by molar-refractivity contribution is 5.54. The summed E-state index contributed by atoms with van der Waals surface area (Å²) in [6.07, 6.45) is 7.34. The molecule has 0 saturated carbocycles. The summed E-state index contributed by atoms with van der Waals surface area (Å²) in [5.74, 6) is 0.321. The van der Waals surface area contributed by atoms with Crippen LogP contribution in [0.15, 0.2) is 12.1 Å². The molecule has 0 aromatic heterocycles. The van der Waals surface area contributed by atoms with Crippen molar-refractivity contribution in [3.63, 3.8) is 0 Å². The number of unbranched alkanes of at least 4 members (excludes halogenated alkanes) is 5. The van der Waals surface area contributed by atoms with Gasteiger partial charge in [0.25, 0.3) is 0 Å². The molecule has 0 unspecified atom stereocenters. The fourth-order valence-corrected chi connectivity index (χ4v) is 1.86. The first-order valence-corrected chi connectivity index (χ1v) is 6.83. The number of nitrogens with two attached hydrogens (primary N) is 1. The van der Waals surface area contributed by atoms with Crippen LogP contribution in [0.1, 0.15) is 51.0 Å². The molecule has 0 amide bonds. The quantitative estimate of drug-likeness (QED) is 0.548. The first-order chi connectivity index (χ1) is 8.65. The topological polar surface area (TPSA) is 35.2 Å². The standard InChI is InChI=1S/C15H24FNO/c1-3-4-5-6-7-8-9-18-15-10-12(2)13(16)11-14(15)17/h10-11H,3-9,17H2,1-2H3. The Balaban J connectivity index is 2.25. The predicted molar refractivity (Wildman–Crippen MR) is 74.4 cm³/mol. The summed E-state index contributed by atoms with van der Waals surface area (Å²) in [7, 11) is 0. The number of nitrogen functional groups attached to an aromatic ring is 1. The number of hydrogen-bond acceptors (Lipinski definition) is 2. The van der Waals surface area contributed by atoms with E-state index >= 15 is 0 Å². The van der Waals surface area contributed by atoms with Crippen molar-refractivity contribution in [1.29, 1.82) is 0 Å². The summed E-state index contributed by atoms with van der Waals surface area (Å²) in [5, 5.41) is 0. The Morgan fingerprint density at radius 2 is 1.78 bits per heavy atom. The zero-order chi connectivity index (χ0) is 13.4. The molecule has 1 rings (SSSR count). The molecule has 1 aromatic carbocycles. The molecular formula is C15H24FNO. The van der Waals surface area contributed by atoms with Crippen LogP contribution < -0.4 is 10.5 Å². The molecule has 2 N–H and O–H groups in total. The SMILES string of the molecule is CCCCCCCCOc1cc(C)c(F)cc1N. The molecule has 18 heavy (non-hydrogen) atoms. The fourth-order valence-electron chi connectivity index (χ4n) is 1.86. The van der Waals surface area contributed by atoms with Crippen LogP contribution in [0.25, 0.3) is 0 Å². The van der Waals surface area contributed by atoms with Gasteiger partial charge in [-0.3, -0.25) is 0 Å². The Morgan fingerprint density at radius 3 is 2.50 bits per heavy atom. The fraction of sp³-hybridized carbons (Fsp3) is 0.600. The molecule has 0 atom stereocenters. The first kappa shape index (κ1) is 14.8. The molecular weight excluding hydrogens is 229 g/mol. The van der Waals surface area contributed by atoms with Crippen LogP contribution in [-0.2, 0) is 0 Å². The van der Waals surface area contributed by atoms with E-state index in [0.717, 1.165) is 6.42 Å². The van der Waals surface area contributed by atoms with Crippen molar-refractivity contribution >= 4 is 5.69 Å². The molecule has 0 spiro atoms. The molecule has 2 nitrogen and oxygen atoms in total. The van der Waals surface area contributed by atoms with Crippen LogP contribution in [0, 0.1) is 12.7 Å². The smallest absolute Gasteiger partial charge is 0.142 e. The monoisotopic (exact) mass is 253 g/mol. The summed E-state index contributed by atoms with van der Waals surface area (Å²) in [6, 6.07) is 2.99. The second-order valence-corrected chi connectivity index (χ2v) is 4.76. The lowest BCUT2D eigenvalue weighted by Gasteiger charge is -2.10. The lowest BCUT2D eigenvalue weighted by molar-refractivity contribution is 0.305. The molecule has 0 bridgehead atoms. The molecule has 102 valence electrons. The van der Waals surface area contributed by atoms with E-state index in [1.165, 1.54) is 38.2 Å². The van der Waals surface area contributed by atoms with E-state index in [2.05, 4.69) is 6.92 Å². The Kier molecular flexibility index (Phi) is 6.55. The van der Waals surface area contributed by atoms with Crippen LogP contribution in [0.4, 0.5) is 10.1 Å². The van der Waals surface area contributed by atoms with Crippen molar-refractivity contribution in [1.82, 2.24) is 0 Å². The van der Waals surface area contributed by atoms with Crippen molar-refractivity contribution in [3.05, 3.63) is 23.5 Å². The van der Waals surface area contributed by atoms with Crippen LogP contribution in [0.2, 0.25) is 0 Å². The summed E-state index contributed by atoms with van der Waals surface area (Å²) >= 11 is 0. The van der Waals surface area contributed by atoms with Gasteiger partial charge >= 0.3 is 0 Å². The molecule has 3 heteroatoms. The first-order valence-electron chi connectivity index (χ1n) is 6.83. The summed E-state index contributed by atoms with van der Waals surface area (Å²) in [6.45, 7) is 4.58. The minimum Gasteiger partial charge on any atom is -0.491 e. The van der Waals surface area contributed by atoms with E-state index in [0.29, 0.717) is 23.6 Å². The Morgan fingerprint density at radius 1 is 1.11 bits per heavy atom. The number of aryl methyl sites for hydroxylation is 1. The minimum atomic E-state index is -0.278. The van der Waals surface area contributed by atoms with Crippen molar-refractivity contribution in [2.45, 2.75) is 52.4 Å². The molecule has 1 aromatic rings. The van der Waals surface area contributed by atoms with Crippen molar-refractivity contribution in [3.8, 4) is 5.75 Å². The predicted octanol–water partition coefficient (Wildman–Crippen LogP) is 4.46. The molecule has 0 aliphatic carbocycles. The van der Waals surface area contributed by atoms with Crippen LogP contribution >= 0.6 is 0 Å². The highest BCUT2D eigenvalue weighted by Crippen LogP contribution is 2.25.